The first-order chi connectivity index (χ1) is 11.3. The van der Waals surface area contributed by atoms with Crippen LogP contribution in [0.2, 0.25) is 0 Å². The Morgan fingerprint density at radius 2 is 2.09 bits per heavy atom. The van der Waals surface area contributed by atoms with E-state index in [4.69, 9.17) is 0 Å². The van der Waals surface area contributed by atoms with Crippen LogP contribution in [0.5, 0.6) is 0 Å². The molecule has 0 unspecified atom stereocenters. The van der Waals surface area contributed by atoms with Crippen LogP contribution in [0.25, 0.3) is 16.3 Å². The molecule has 0 radical (unpaired) electrons. The zero-order valence-corrected chi connectivity index (χ0v) is 13.5. The van der Waals surface area contributed by atoms with Gasteiger partial charge in [0.2, 0.25) is 5.96 Å². The molecule has 1 aromatic carbocycles. The van der Waals surface area contributed by atoms with Crippen LogP contribution in [-0.4, -0.2) is 22.9 Å². The first kappa shape index (κ1) is 14.4. The van der Waals surface area contributed by atoms with Crippen LogP contribution in [0.1, 0.15) is 37.7 Å². The molecular formula is C17H18N4OS. The number of aliphatic imine (C=N–C) groups is 1. The summed E-state index contributed by atoms with van der Waals surface area (Å²) in [6, 6.07) is 6.35. The van der Waals surface area contributed by atoms with E-state index in [1.165, 1.54) is 19.3 Å². The van der Waals surface area contributed by atoms with Crippen molar-refractivity contribution in [2.45, 2.75) is 38.1 Å². The Labute approximate surface area is 138 Å². The molecule has 1 saturated carbocycles. The van der Waals surface area contributed by atoms with Gasteiger partial charge < -0.3 is 5.32 Å². The predicted molar refractivity (Wildman–Crippen MR) is 93.2 cm³/mol. The fourth-order valence-corrected chi connectivity index (χ4v) is 3.74. The van der Waals surface area contributed by atoms with Gasteiger partial charge >= 0.3 is 0 Å². The maximum Gasteiger partial charge on any atom is 0.274 e. The molecule has 1 aromatic heterocycles. The normalized spacial score (nSPS) is 22.7. The number of amides is 1. The van der Waals surface area contributed by atoms with E-state index >= 15 is 0 Å². The van der Waals surface area contributed by atoms with Crippen LogP contribution >= 0.6 is 11.3 Å². The maximum absolute atomic E-state index is 12.1. The molecule has 0 bridgehead atoms. The van der Waals surface area contributed by atoms with Gasteiger partial charge in [-0.2, -0.15) is 0 Å². The molecule has 0 spiro atoms. The van der Waals surface area contributed by atoms with Crippen molar-refractivity contribution in [3.05, 3.63) is 35.0 Å². The molecular weight excluding hydrogens is 308 g/mol. The fraction of sp³-hybridized carbons (Fsp3) is 0.353. The maximum atomic E-state index is 12.1. The van der Waals surface area contributed by atoms with Gasteiger partial charge in [0.15, 0.2) is 0 Å². The minimum Gasteiger partial charge on any atom is -0.321 e. The van der Waals surface area contributed by atoms with Crippen LogP contribution in [-0.2, 0) is 4.79 Å². The largest absolute Gasteiger partial charge is 0.321 e. The number of nitrogens with zero attached hydrogens (tertiary/aromatic N) is 2. The Bertz CT molecular complexity index is 802. The van der Waals surface area contributed by atoms with Crippen molar-refractivity contribution in [3.63, 3.8) is 0 Å². The summed E-state index contributed by atoms with van der Waals surface area (Å²) in [5, 5.41) is 5.93. The second-order valence-electron chi connectivity index (χ2n) is 5.99. The van der Waals surface area contributed by atoms with Crippen LogP contribution < -0.4 is 10.6 Å². The quantitative estimate of drug-likeness (QED) is 0.834. The smallest absolute Gasteiger partial charge is 0.274 e. The van der Waals surface area contributed by atoms with Crippen LogP contribution in [0, 0.1) is 0 Å². The third kappa shape index (κ3) is 3.12. The first-order valence-electron chi connectivity index (χ1n) is 7.99. The summed E-state index contributed by atoms with van der Waals surface area (Å²) in [5.41, 5.74) is 4.28. The van der Waals surface area contributed by atoms with Gasteiger partial charge in [-0.3, -0.25) is 10.1 Å². The van der Waals surface area contributed by atoms with Gasteiger partial charge in [-0.25, -0.2) is 9.98 Å². The van der Waals surface area contributed by atoms with E-state index in [2.05, 4.69) is 20.6 Å². The summed E-state index contributed by atoms with van der Waals surface area (Å²) in [6.45, 7) is 0. The molecule has 5 nitrogen and oxygen atoms in total. The molecule has 23 heavy (non-hydrogen) atoms. The van der Waals surface area contributed by atoms with Gasteiger partial charge in [-0.1, -0.05) is 25.3 Å². The van der Waals surface area contributed by atoms with Crippen LogP contribution in [0.4, 0.5) is 0 Å². The van der Waals surface area contributed by atoms with E-state index in [1.54, 1.807) is 11.3 Å². The van der Waals surface area contributed by atoms with E-state index in [1.807, 2.05) is 29.8 Å². The molecule has 1 aliphatic carbocycles. The SMILES string of the molecule is O=C1NC(=NC2CCCCC2)N/C1=C\c1ccc2scnc2c1. The van der Waals surface area contributed by atoms with E-state index in [9.17, 15) is 4.79 Å². The number of thiazole rings is 1. The third-order valence-electron chi connectivity index (χ3n) is 4.28. The molecule has 4 rings (SSSR count). The number of nitrogens with one attached hydrogen (secondary N) is 2. The lowest BCUT2D eigenvalue weighted by molar-refractivity contribution is -0.115. The highest BCUT2D eigenvalue weighted by molar-refractivity contribution is 7.16. The molecule has 2 N–H and O–H groups in total. The number of guanidine groups is 1. The Morgan fingerprint density at radius 1 is 1.22 bits per heavy atom. The molecule has 118 valence electrons. The summed E-state index contributed by atoms with van der Waals surface area (Å²) in [6.07, 6.45) is 7.82. The number of benzene rings is 1. The Hall–Kier alpha value is -2.21. The average Bonchev–Trinajstić information content (AvgIpc) is 3.15. The number of carbonyl (C=O) groups is 1. The second kappa shape index (κ2) is 6.12. The van der Waals surface area contributed by atoms with Crippen molar-refractivity contribution in [1.29, 1.82) is 0 Å². The van der Waals surface area contributed by atoms with Crippen LogP contribution in [0.15, 0.2) is 34.4 Å². The molecule has 6 heteroatoms. The Kier molecular flexibility index (Phi) is 3.83. The molecule has 2 heterocycles. The lowest BCUT2D eigenvalue weighted by atomic mass is 9.96. The minimum atomic E-state index is -0.127. The summed E-state index contributed by atoms with van der Waals surface area (Å²) >= 11 is 1.61. The van der Waals surface area contributed by atoms with Crippen molar-refractivity contribution in [2.75, 3.05) is 0 Å². The Balaban J connectivity index is 1.54. The number of hydrogen-bond donors (Lipinski definition) is 2. The summed E-state index contributed by atoms with van der Waals surface area (Å²) in [7, 11) is 0. The highest BCUT2D eigenvalue weighted by Gasteiger charge is 2.23. The van der Waals surface area contributed by atoms with Gasteiger partial charge in [-0.05, 0) is 36.6 Å². The highest BCUT2D eigenvalue weighted by atomic mass is 32.1. The predicted octanol–water partition coefficient (Wildman–Crippen LogP) is 3.05. The summed E-state index contributed by atoms with van der Waals surface area (Å²) < 4.78 is 1.15. The molecule has 1 aliphatic heterocycles. The molecule has 0 atom stereocenters. The lowest BCUT2D eigenvalue weighted by Crippen LogP contribution is -2.28. The molecule has 1 saturated heterocycles. The minimum absolute atomic E-state index is 0.127. The standard InChI is InChI=1S/C17H18N4OS/c22-16-14(9-11-6-7-15-13(8-11)18-10-23-15)20-17(21-16)19-12-4-2-1-3-5-12/h6-10,12H,1-5H2,(H2,19,20,21,22)/b14-9-. The number of aromatic nitrogens is 1. The van der Waals surface area contributed by atoms with Crippen molar-refractivity contribution >= 4 is 39.5 Å². The van der Waals surface area contributed by atoms with Gasteiger partial charge in [0.05, 0.1) is 21.8 Å². The Morgan fingerprint density at radius 3 is 2.96 bits per heavy atom. The average molecular weight is 326 g/mol. The molecule has 2 aromatic rings. The van der Waals surface area contributed by atoms with E-state index in [0.717, 1.165) is 28.6 Å². The van der Waals surface area contributed by atoms with E-state index in [0.29, 0.717) is 17.7 Å². The van der Waals surface area contributed by atoms with Crippen molar-refractivity contribution in [2.24, 2.45) is 4.99 Å². The number of rotatable bonds is 2. The van der Waals surface area contributed by atoms with E-state index < -0.39 is 0 Å². The monoisotopic (exact) mass is 326 g/mol. The van der Waals surface area contributed by atoms with Gasteiger partial charge in [0.25, 0.3) is 5.91 Å². The molecule has 2 fully saturated rings. The number of hydrogen-bond acceptors (Lipinski definition) is 4. The lowest BCUT2D eigenvalue weighted by Gasteiger charge is -2.17. The zero-order valence-electron chi connectivity index (χ0n) is 12.7. The molecule has 1 amide bonds. The number of carbonyl (C=O) groups excluding carboxylic acids is 1. The van der Waals surface area contributed by atoms with Crippen molar-refractivity contribution in [3.8, 4) is 0 Å². The summed E-state index contributed by atoms with van der Waals surface area (Å²) in [4.78, 5) is 21.1. The first-order valence-corrected chi connectivity index (χ1v) is 8.87. The van der Waals surface area contributed by atoms with Gasteiger partial charge in [0.1, 0.15) is 5.70 Å². The molecule has 2 aliphatic rings. The van der Waals surface area contributed by atoms with Crippen molar-refractivity contribution < 1.29 is 4.79 Å². The van der Waals surface area contributed by atoms with Crippen LogP contribution in [0.3, 0.4) is 0 Å². The van der Waals surface area contributed by atoms with Gasteiger partial charge in [-0.15, -0.1) is 11.3 Å². The fourth-order valence-electron chi connectivity index (χ4n) is 3.08. The topological polar surface area (TPSA) is 66.4 Å². The highest BCUT2D eigenvalue weighted by Crippen LogP contribution is 2.22. The summed E-state index contributed by atoms with van der Waals surface area (Å²) in [5.74, 6) is 0.459. The zero-order chi connectivity index (χ0) is 15.6. The third-order valence-corrected chi connectivity index (χ3v) is 5.09. The van der Waals surface area contributed by atoms with Gasteiger partial charge in [0, 0.05) is 0 Å². The number of fused-ring (bicyclic) bond motifs is 1. The second-order valence-corrected chi connectivity index (χ2v) is 6.87. The van der Waals surface area contributed by atoms with Crippen molar-refractivity contribution in [1.82, 2.24) is 15.6 Å². The van der Waals surface area contributed by atoms with E-state index in [-0.39, 0.29) is 5.91 Å².